The van der Waals surface area contributed by atoms with Gasteiger partial charge in [0.2, 0.25) is 0 Å². The number of hydrogen-bond acceptors (Lipinski definition) is 2. The van der Waals surface area contributed by atoms with Gasteiger partial charge in [-0.3, -0.25) is 9.78 Å². The number of pyridine rings is 2. The van der Waals surface area contributed by atoms with Gasteiger partial charge in [0.15, 0.2) is 0 Å². The fourth-order valence-corrected chi connectivity index (χ4v) is 1.56. The minimum Gasteiger partial charge on any atom is -0.326 e. The molecule has 0 bridgehead atoms. The van der Waals surface area contributed by atoms with Crippen LogP contribution in [0.5, 0.6) is 0 Å². The largest absolute Gasteiger partial charge is 0.326 e. The molecule has 0 saturated heterocycles. The lowest BCUT2D eigenvalue weighted by Gasteiger charge is -2.06. The first-order chi connectivity index (χ1) is 7.18. The molecule has 0 fully saturated rings. The lowest BCUT2D eigenvalue weighted by Crippen LogP contribution is -2.11. The first-order valence-corrected chi connectivity index (χ1v) is 4.79. The second-order valence-corrected chi connectivity index (χ2v) is 3.56. The molecule has 0 atom stereocenters. The first kappa shape index (κ1) is 9.65. The van der Waals surface area contributed by atoms with Crippen molar-refractivity contribution in [2.45, 2.75) is 13.8 Å². The van der Waals surface area contributed by atoms with E-state index in [0.717, 1.165) is 22.4 Å². The number of aromatic nitrogens is 2. The Hall–Kier alpha value is -1.90. The highest BCUT2D eigenvalue weighted by Crippen LogP contribution is 2.20. The van der Waals surface area contributed by atoms with Crippen molar-refractivity contribution >= 4 is 0 Å². The molecule has 2 heterocycles. The van der Waals surface area contributed by atoms with Crippen LogP contribution in [-0.4, -0.2) is 9.97 Å². The molecule has 76 valence electrons. The van der Waals surface area contributed by atoms with E-state index in [4.69, 9.17) is 0 Å². The summed E-state index contributed by atoms with van der Waals surface area (Å²) in [7, 11) is 0. The average Bonchev–Trinajstić information content (AvgIpc) is 2.25. The minimum atomic E-state index is -0.0229. The molecule has 2 aromatic heterocycles. The Bertz CT molecular complexity index is 529. The lowest BCUT2D eigenvalue weighted by atomic mass is 10.0. The van der Waals surface area contributed by atoms with Crippen molar-refractivity contribution in [3.05, 3.63) is 52.2 Å². The molecule has 0 radical (unpaired) electrons. The molecule has 15 heavy (non-hydrogen) atoms. The number of hydrogen-bond donors (Lipinski definition) is 1. The van der Waals surface area contributed by atoms with E-state index >= 15 is 0 Å². The van der Waals surface area contributed by atoms with Gasteiger partial charge in [0, 0.05) is 29.2 Å². The SMILES string of the molecule is Cc1[nH]c(=O)c(C)cc1-c1ccncc1. The van der Waals surface area contributed by atoms with Gasteiger partial charge in [-0.05, 0) is 37.6 Å². The Balaban J connectivity index is 2.64. The summed E-state index contributed by atoms with van der Waals surface area (Å²) in [6.45, 7) is 3.71. The fourth-order valence-electron chi connectivity index (χ4n) is 1.56. The summed E-state index contributed by atoms with van der Waals surface area (Å²) in [5.74, 6) is 0. The molecule has 0 unspecified atom stereocenters. The van der Waals surface area contributed by atoms with E-state index < -0.39 is 0 Å². The smallest absolute Gasteiger partial charge is 0.251 e. The Morgan fingerprint density at radius 3 is 2.53 bits per heavy atom. The van der Waals surface area contributed by atoms with Gasteiger partial charge in [-0.1, -0.05) is 0 Å². The third kappa shape index (κ3) is 1.81. The fraction of sp³-hybridized carbons (Fsp3) is 0.167. The van der Waals surface area contributed by atoms with Crippen molar-refractivity contribution in [1.82, 2.24) is 9.97 Å². The monoisotopic (exact) mass is 200 g/mol. The molecule has 1 N–H and O–H groups in total. The van der Waals surface area contributed by atoms with E-state index in [1.165, 1.54) is 0 Å². The molecule has 0 aliphatic heterocycles. The maximum atomic E-state index is 11.4. The Morgan fingerprint density at radius 1 is 1.20 bits per heavy atom. The van der Waals surface area contributed by atoms with Gasteiger partial charge in [-0.25, -0.2) is 0 Å². The normalized spacial score (nSPS) is 10.3. The summed E-state index contributed by atoms with van der Waals surface area (Å²) >= 11 is 0. The summed E-state index contributed by atoms with van der Waals surface area (Å²) < 4.78 is 0. The first-order valence-electron chi connectivity index (χ1n) is 4.79. The number of aromatic amines is 1. The molecule has 0 aliphatic carbocycles. The summed E-state index contributed by atoms with van der Waals surface area (Å²) in [6, 6.07) is 5.77. The van der Waals surface area contributed by atoms with Gasteiger partial charge in [0.1, 0.15) is 0 Å². The molecule has 0 saturated carbocycles. The molecule has 3 nitrogen and oxygen atoms in total. The number of H-pyrrole nitrogens is 1. The van der Waals surface area contributed by atoms with E-state index in [1.54, 1.807) is 12.4 Å². The Labute approximate surface area is 87.8 Å². The second kappa shape index (κ2) is 3.69. The summed E-state index contributed by atoms with van der Waals surface area (Å²) in [5, 5.41) is 0. The lowest BCUT2D eigenvalue weighted by molar-refractivity contribution is 1.11. The zero-order valence-electron chi connectivity index (χ0n) is 8.74. The Kier molecular flexibility index (Phi) is 2.37. The molecule has 0 aromatic carbocycles. The van der Waals surface area contributed by atoms with Crippen molar-refractivity contribution in [3.63, 3.8) is 0 Å². The highest BCUT2D eigenvalue weighted by molar-refractivity contribution is 5.65. The van der Waals surface area contributed by atoms with E-state index in [9.17, 15) is 4.79 Å². The number of rotatable bonds is 1. The quantitative estimate of drug-likeness (QED) is 0.765. The van der Waals surface area contributed by atoms with Gasteiger partial charge >= 0.3 is 0 Å². The standard InChI is InChI=1S/C12H12N2O/c1-8-7-11(9(2)14-12(8)15)10-3-5-13-6-4-10/h3-7H,1-2H3,(H,14,15). The number of nitrogens with zero attached hydrogens (tertiary/aromatic N) is 1. The summed E-state index contributed by atoms with van der Waals surface area (Å²) in [5.41, 5.74) is 3.71. The van der Waals surface area contributed by atoms with E-state index in [1.807, 2.05) is 32.0 Å². The van der Waals surface area contributed by atoms with E-state index in [-0.39, 0.29) is 5.56 Å². The molecule has 3 heteroatoms. The van der Waals surface area contributed by atoms with Crippen molar-refractivity contribution in [1.29, 1.82) is 0 Å². The third-order valence-corrected chi connectivity index (χ3v) is 2.42. The highest BCUT2D eigenvalue weighted by atomic mass is 16.1. The van der Waals surface area contributed by atoms with Gasteiger partial charge in [-0.15, -0.1) is 0 Å². The molecular weight excluding hydrogens is 188 g/mol. The second-order valence-electron chi connectivity index (χ2n) is 3.56. The Morgan fingerprint density at radius 2 is 1.87 bits per heavy atom. The van der Waals surface area contributed by atoms with Crippen LogP contribution in [0.1, 0.15) is 11.3 Å². The van der Waals surface area contributed by atoms with Crippen molar-refractivity contribution in [2.24, 2.45) is 0 Å². The number of nitrogens with one attached hydrogen (secondary N) is 1. The van der Waals surface area contributed by atoms with E-state index in [0.29, 0.717) is 0 Å². The van der Waals surface area contributed by atoms with Gasteiger partial charge in [0.05, 0.1) is 0 Å². The van der Waals surface area contributed by atoms with Crippen LogP contribution in [0.15, 0.2) is 35.4 Å². The van der Waals surface area contributed by atoms with Crippen LogP contribution in [0.3, 0.4) is 0 Å². The topological polar surface area (TPSA) is 45.8 Å². The summed E-state index contributed by atoms with van der Waals surface area (Å²) in [6.07, 6.45) is 3.49. The zero-order valence-corrected chi connectivity index (χ0v) is 8.74. The van der Waals surface area contributed by atoms with Crippen LogP contribution in [0, 0.1) is 13.8 Å². The van der Waals surface area contributed by atoms with Crippen LogP contribution in [0.25, 0.3) is 11.1 Å². The summed E-state index contributed by atoms with van der Waals surface area (Å²) in [4.78, 5) is 18.2. The molecule has 0 amide bonds. The van der Waals surface area contributed by atoms with Crippen LogP contribution in [0.4, 0.5) is 0 Å². The van der Waals surface area contributed by atoms with Crippen LogP contribution >= 0.6 is 0 Å². The van der Waals surface area contributed by atoms with Gasteiger partial charge in [-0.2, -0.15) is 0 Å². The average molecular weight is 200 g/mol. The van der Waals surface area contributed by atoms with E-state index in [2.05, 4.69) is 9.97 Å². The van der Waals surface area contributed by atoms with Gasteiger partial charge in [0.25, 0.3) is 5.56 Å². The van der Waals surface area contributed by atoms with Crippen molar-refractivity contribution in [3.8, 4) is 11.1 Å². The molecule has 2 aromatic rings. The minimum absolute atomic E-state index is 0.0229. The predicted octanol–water partition coefficient (Wildman–Crippen LogP) is 2.05. The van der Waals surface area contributed by atoms with Gasteiger partial charge < -0.3 is 4.98 Å². The maximum absolute atomic E-state index is 11.4. The molecular formula is C12H12N2O. The van der Waals surface area contributed by atoms with Crippen LogP contribution in [0.2, 0.25) is 0 Å². The molecule has 0 aliphatic rings. The van der Waals surface area contributed by atoms with Crippen molar-refractivity contribution < 1.29 is 0 Å². The van der Waals surface area contributed by atoms with Crippen LogP contribution in [-0.2, 0) is 0 Å². The third-order valence-electron chi connectivity index (χ3n) is 2.42. The van der Waals surface area contributed by atoms with Crippen LogP contribution < -0.4 is 5.56 Å². The number of aryl methyl sites for hydroxylation is 2. The van der Waals surface area contributed by atoms with Crippen molar-refractivity contribution in [2.75, 3.05) is 0 Å². The predicted molar refractivity (Wildman–Crippen MR) is 59.8 cm³/mol. The molecule has 2 rings (SSSR count). The maximum Gasteiger partial charge on any atom is 0.251 e. The molecule has 0 spiro atoms. The zero-order chi connectivity index (χ0) is 10.8. The highest BCUT2D eigenvalue weighted by Gasteiger charge is 2.04.